The minimum absolute atomic E-state index is 0.203. The molecule has 1 heterocycles. The van der Waals surface area contributed by atoms with Crippen molar-refractivity contribution in [2.45, 2.75) is 0 Å². The second kappa shape index (κ2) is 9.38. The highest BCUT2D eigenvalue weighted by molar-refractivity contribution is 6.09. The maximum Gasteiger partial charge on any atom is 0.256 e. The van der Waals surface area contributed by atoms with Gasteiger partial charge in [0.05, 0.1) is 11.3 Å². The van der Waals surface area contributed by atoms with Crippen LogP contribution in [0.4, 0.5) is 14.5 Å². The van der Waals surface area contributed by atoms with Gasteiger partial charge in [0.1, 0.15) is 11.6 Å². The highest BCUT2D eigenvalue weighted by atomic mass is 19.1. The molecule has 1 saturated heterocycles. The summed E-state index contributed by atoms with van der Waals surface area (Å²) in [6, 6.07) is 9.79. The van der Waals surface area contributed by atoms with Crippen molar-refractivity contribution in [2.75, 3.05) is 44.6 Å². The first kappa shape index (κ1) is 19.9. The van der Waals surface area contributed by atoms with Crippen LogP contribution in [-0.2, 0) is 0 Å². The predicted molar refractivity (Wildman–Crippen MR) is 102 cm³/mol. The third-order valence-electron chi connectivity index (χ3n) is 4.49. The summed E-state index contributed by atoms with van der Waals surface area (Å²) < 4.78 is 28.0. The van der Waals surface area contributed by atoms with Crippen molar-refractivity contribution in [3.05, 3.63) is 65.2 Å². The standard InChI is InChI=1S/C20H22F2N4O2/c21-15-12-16(22)18(20(28)24-8-11-26-9-6-23-7-10-26)17(13-15)25-19(27)14-4-2-1-3-5-14/h1-5,12-13,23H,6-11H2,(H,24,28)(H,25,27). The summed E-state index contributed by atoms with van der Waals surface area (Å²) in [5, 5.41) is 8.31. The number of halogens is 2. The van der Waals surface area contributed by atoms with Crippen LogP contribution in [0.1, 0.15) is 20.7 Å². The molecule has 2 amide bonds. The van der Waals surface area contributed by atoms with Gasteiger partial charge in [-0.15, -0.1) is 0 Å². The molecule has 3 rings (SSSR count). The zero-order valence-electron chi connectivity index (χ0n) is 15.3. The summed E-state index contributed by atoms with van der Waals surface area (Å²) in [4.78, 5) is 27.0. The fourth-order valence-electron chi connectivity index (χ4n) is 3.04. The Balaban J connectivity index is 1.70. The second-order valence-corrected chi connectivity index (χ2v) is 6.48. The Kier molecular flexibility index (Phi) is 6.67. The van der Waals surface area contributed by atoms with E-state index in [4.69, 9.17) is 0 Å². The van der Waals surface area contributed by atoms with E-state index in [0.29, 0.717) is 24.7 Å². The third kappa shape index (κ3) is 5.11. The van der Waals surface area contributed by atoms with Gasteiger partial charge in [0.15, 0.2) is 0 Å². The van der Waals surface area contributed by atoms with E-state index >= 15 is 0 Å². The van der Waals surface area contributed by atoms with Crippen molar-refractivity contribution in [3.8, 4) is 0 Å². The maximum atomic E-state index is 14.3. The Bertz CT molecular complexity index is 840. The highest BCUT2D eigenvalue weighted by Crippen LogP contribution is 2.22. The van der Waals surface area contributed by atoms with Gasteiger partial charge >= 0.3 is 0 Å². The molecular formula is C20H22F2N4O2. The molecule has 0 aromatic heterocycles. The Morgan fingerprint density at radius 2 is 1.75 bits per heavy atom. The van der Waals surface area contributed by atoms with Crippen molar-refractivity contribution in [1.82, 2.24) is 15.5 Å². The number of carbonyl (C=O) groups excluding carboxylic acids is 2. The van der Waals surface area contributed by atoms with E-state index in [-0.39, 0.29) is 11.3 Å². The Hall–Kier alpha value is -2.84. The number of hydrogen-bond donors (Lipinski definition) is 3. The summed E-state index contributed by atoms with van der Waals surface area (Å²) in [6.45, 7) is 4.47. The van der Waals surface area contributed by atoms with Crippen LogP contribution in [0.2, 0.25) is 0 Å². The van der Waals surface area contributed by atoms with Crippen LogP contribution < -0.4 is 16.0 Å². The van der Waals surface area contributed by atoms with Gasteiger partial charge in [-0.25, -0.2) is 8.78 Å². The molecule has 1 aliphatic rings. The van der Waals surface area contributed by atoms with Gasteiger partial charge in [0.2, 0.25) is 0 Å². The summed E-state index contributed by atoms with van der Waals surface area (Å²) in [6.07, 6.45) is 0. The van der Waals surface area contributed by atoms with E-state index in [1.165, 1.54) is 0 Å². The Morgan fingerprint density at radius 1 is 1.04 bits per heavy atom. The van der Waals surface area contributed by atoms with Gasteiger partial charge in [-0.1, -0.05) is 18.2 Å². The normalized spacial score (nSPS) is 14.5. The van der Waals surface area contributed by atoms with E-state index in [1.54, 1.807) is 30.3 Å². The van der Waals surface area contributed by atoms with E-state index in [1.807, 2.05) is 0 Å². The van der Waals surface area contributed by atoms with Gasteiger partial charge in [-0.3, -0.25) is 14.5 Å². The zero-order valence-corrected chi connectivity index (χ0v) is 15.3. The van der Waals surface area contributed by atoms with Gasteiger partial charge < -0.3 is 16.0 Å². The van der Waals surface area contributed by atoms with Crippen molar-refractivity contribution in [2.24, 2.45) is 0 Å². The first-order valence-electron chi connectivity index (χ1n) is 9.11. The number of nitrogens with one attached hydrogen (secondary N) is 3. The first-order valence-corrected chi connectivity index (χ1v) is 9.11. The fourth-order valence-corrected chi connectivity index (χ4v) is 3.04. The van der Waals surface area contributed by atoms with Crippen molar-refractivity contribution in [1.29, 1.82) is 0 Å². The fraction of sp³-hybridized carbons (Fsp3) is 0.300. The molecule has 0 radical (unpaired) electrons. The Morgan fingerprint density at radius 3 is 2.46 bits per heavy atom. The van der Waals surface area contributed by atoms with Crippen LogP contribution in [0, 0.1) is 11.6 Å². The summed E-state index contributed by atoms with van der Waals surface area (Å²) in [5.41, 5.74) is -0.269. The Labute approximate surface area is 161 Å². The molecule has 3 N–H and O–H groups in total. The molecule has 2 aromatic carbocycles. The summed E-state index contributed by atoms with van der Waals surface area (Å²) in [5.74, 6) is -3.15. The average Bonchev–Trinajstić information content (AvgIpc) is 2.69. The largest absolute Gasteiger partial charge is 0.351 e. The molecule has 1 fully saturated rings. The smallest absolute Gasteiger partial charge is 0.256 e. The predicted octanol–water partition coefficient (Wildman–Crippen LogP) is 1.85. The summed E-state index contributed by atoms with van der Waals surface area (Å²) in [7, 11) is 0. The molecule has 6 nitrogen and oxygen atoms in total. The van der Waals surface area contributed by atoms with Crippen molar-refractivity contribution in [3.63, 3.8) is 0 Å². The van der Waals surface area contributed by atoms with Crippen LogP contribution in [0.25, 0.3) is 0 Å². The molecule has 148 valence electrons. The lowest BCUT2D eigenvalue weighted by Gasteiger charge is -2.27. The lowest BCUT2D eigenvalue weighted by molar-refractivity contribution is 0.0944. The minimum Gasteiger partial charge on any atom is -0.351 e. The van der Waals surface area contributed by atoms with Gasteiger partial charge in [0.25, 0.3) is 11.8 Å². The van der Waals surface area contributed by atoms with Gasteiger partial charge in [-0.05, 0) is 18.2 Å². The number of nitrogens with zero attached hydrogens (tertiary/aromatic N) is 1. The van der Waals surface area contributed by atoms with E-state index in [2.05, 4.69) is 20.9 Å². The van der Waals surface area contributed by atoms with Gasteiger partial charge in [0, 0.05) is 50.9 Å². The second-order valence-electron chi connectivity index (χ2n) is 6.48. The van der Waals surface area contributed by atoms with Crippen molar-refractivity contribution >= 4 is 17.5 Å². The van der Waals surface area contributed by atoms with E-state index in [0.717, 1.165) is 32.2 Å². The number of benzene rings is 2. The maximum absolute atomic E-state index is 14.3. The quantitative estimate of drug-likeness (QED) is 0.706. The molecule has 2 aromatic rings. The van der Waals surface area contributed by atoms with Crippen LogP contribution in [0.15, 0.2) is 42.5 Å². The molecule has 0 spiro atoms. The molecule has 0 unspecified atom stereocenters. The van der Waals surface area contributed by atoms with Crippen LogP contribution in [0.5, 0.6) is 0 Å². The molecular weight excluding hydrogens is 366 g/mol. The van der Waals surface area contributed by atoms with E-state index in [9.17, 15) is 18.4 Å². The van der Waals surface area contributed by atoms with Crippen LogP contribution in [0.3, 0.4) is 0 Å². The SMILES string of the molecule is O=C(Nc1cc(F)cc(F)c1C(=O)NCCN1CCNCC1)c1ccccc1. The third-order valence-corrected chi connectivity index (χ3v) is 4.49. The molecule has 1 aliphatic heterocycles. The van der Waals surface area contributed by atoms with Crippen LogP contribution in [-0.4, -0.2) is 56.0 Å². The number of amides is 2. The van der Waals surface area contributed by atoms with Gasteiger partial charge in [-0.2, -0.15) is 0 Å². The molecule has 0 saturated carbocycles. The average molecular weight is 388 g/mol. The first-order chi connectivity index (χ1) is 13.5. The molecule has 0 atom stereocenters. The number of piperazine rings is 1. The topological polar surface area (TPSA) is 73.5 Å². The highest BCUT2D eigenvalue weighted by Gasteiger charge is 2.21. The number of anilines is 1. The summed E-state index contributed by atoms with van der Waals surface area (Å²) >= 11 is 0. The molecule has 0 bridgehead atoms. The number of carbonyl (C=O) groups is 2. The minimum atomic E-state index is -1.02. The number of rotatable bonds is 6. The van der Waals surface area contributed by atoms with Crippen molar-refractivity contribution < 1.29 is 18.4 Å². The lowest BCUT2D eigenvalue weighted by Crippen LogP contribution is -2.46. The molecule has 28 heavy (non-hydrogen) atoms. The van der Waals surface area contributed by atoms with E-state index < -0.39 is 23.4 Å². The molecule has 8 heteroatoms. The molecule has 0 aliphatic carbocycles. The van der Waals surface area contributed by atoms with Crippen LogP contribution >= 0.6 is 0 Å². The zero-order chi connectivity index (χ0) is 19.9. The number of hydrogen-bond acceptors (Lipinski definition) is 4. The lowest BCUT2D eigenvalue weighted by atomic mass is 10.1. The monoisotopic (exact) mass is 388 g/mol.